The van der Waals surface area contributed by atoms with Crippen LogP contribution in [-0.2, 0) is 38.7 Å². The molecule has 0 radical (unpaired) electrons. The molecule has 0 unspecified atom stereocenters. The Morgan fingerprint density at radius 2 is 1.38 bits per heavy atom. The maximum atomic E-state index is 2.24. The Morgan fingerprint density at radius 1 is 1.12 bits per heavy atom. The van der Waals surface area contributed by atoms with Crippen molar-refractivity contribution in [3.63, 3.8) is 0 Å². The van der Waals surface area contributed by atoms with E-state index < -0.39 is 0 Å². The standard InChI is InChI=1S/C5H9N.2W/c1-4-6(3)5-2;;/h1-3H3;;. The van der Waals surface area contributed by atoms with E-state index in [-0.39, 0.29) is 0 Å². The monoisotopic (exact) mass is 451 g/mol. The zero-order chi connectivity index (χ0) is 6.73. The maximum absolute atomic E-state index is 2.24. The molecule has 0 bridgehead atoms. The first kappa shape index (κ1) is 9.08. The molecule has 3 heteroatoms. The van der Waals surface area contributed by atoms with Crippen molar-refractivity contribution in [2.75, 3.05) is 7.05 Å². The number of hydrogen-bond donors (Lipinski definition) is 0. The van der Waals surface area contributed by atoms with Crippen molar-refractivity contribution in [2.24, 2.45) is 0 Å². The van der Waals surface area contributed by atoms with Gasteiger partial charge in [0.15, 0.2) is 0 Å². The first-order valence-corrected chi connectivity index (χ1v) is 5.24. The summed E-state index contributed by atoms with van der Waals surface area (Å²) in [5, 5.41) is 0. The minimum absolute atomic E-state index is 1.44. The third kappa shape index (κ3) is 3.17. The molecule has 0 aromatic carbocycles. The van der Waals surface area contributed by atoms with Gasteiger partial charge in [-0.3, -0.25) is 0 Å². The van der Waals surface area contributed by atoms with E-state index in [4.69, 9.17) is 0 Å². The van der Waals surface area contributed by atoms with E-state index in [1.807, 2.05) is 0 Å². The Morgan fingerprint density at radius 3 is 1.38 bits per heavy atom. The molecular formula is C5H9NW2. The van der Waals surface area contributed by atoms with Crippen LogP contribution in [0.25, 0.3) is 0 Å². The molecule has 0 aliphatic rings. The number of rotatable bonds is 2. The van der Waals surface area contributed by atoms with E-state index in [1.54, 1.807) is 38.7 Å². The third-order valence-electron chi connectivity index (χ3n) is 0.945. The second-order valence-electron chi connectivity index (χ2n) is 1.60. The molecule has 0 N–H and O–H groups in total. The third-order valence-corrected chi connectivity index (χ3v) is 2.91. The molecule has 0 saturated carbocycles. The normalized spacial score (nSPS) is 9.50. The summed E-state index contributed by atoms with van der Waals surface area (Å²) in [5.74, 6) is 0. The quantitative estimate of drug-likeness (QED) is 0.585. The van der Waals surface area contributed by atoms with Crippen molar-refractivity contribution in [1.82, 2.24) is 4.90 Å². The van der Waals surface area contributed by atoms with Crippen molar-refractivity contribution >= 4 is 8.04 Å². The van der Waals surface area contributed by atoms with Gasteiger partial charge in [0.2, 0.25) is 0 Å². The van der Waals surface area contributed by atoms with Crippen LogP contribution in [0.1, 0.15) is 13.8 Å². The van der Waals surface area contributed by atoms with E-state index in [2.05, 4.69) is 25.8 Å². The van der Waals surface area contributed by atoms with Crippen LogP contribution in [0.4, 0.5) is 0 Å². The van der Waals surface area contributed by atoms with Crippen LogP contribution >= 0.6 is 0 Å². The molecule has 0 atom stereocenters. The van der Waals surface area contributed by atoms with Crippen molar-refractivity contribution in [3.8, 4) is 0 Å². The zero-order valence-corrected chi connectivity index (χ0v) is 11.1. The summed E-state index contributed by atoms with van der Waals surface area (Å²) < 4.78 is 2.88. The van der Waals surface area contributed by atoms with Gasteiger partial charge in [0.05, 0.1) is 0 Å². The number of nitrogens with zero attached hydrogens (tertiary/aromatic N) is 1. The Labute approximate surface area is 72.3 Å². The fraction of sp³-hybridized carbons (Fsp3) is 0.600. The Bertz CT molecular complexity index is 106. The topological polar surface area (TPSA) is 3.24 Å². The molecular weight excluding hydrogens is 442 g/mol. The predicted octanol–water partition coefficient (Wildman–Crippen LogP) is 0.311. The van der Waals surface area contributed by atoms with Gasteiger partial charge in [-0.25, -0.2) is 0 Å². The second-order valence-corrected chi connectivity index (χ2v) is 5.84. The molecule has 0 fully saturated rings. The van der Waals surface area contributed by atoms with Gasteiger partial charge >= 0.3 is 72.5 Å². The predicted molar refractivity (Wildman–Crippen MR) is 29.1 cm³/mol. The van der Waals surface area contributed by atoms with Gasteiger partial charge < -0.3 is 0 Å². The fourth-order valence-electron chi connectivity index (χ4n) is 0.222. The molecule has 0 aromatic rings. The van der Waals surface area contributed by atoms with Crippen LogP contribution in [0.3, 0.4) is 0 Å². The molecule has 0 heterocycles. The van der Waals surface area contributed by atoms with Crippen molar-refractivity contribution in [1.29, 1.82) is 0 Å². The van der Waals surface area contributed by atoms with Gasteiger partial charge in [-0.15, -0.1) is 0 Å². The van der Waals surface area contributed by atoms with Crippen molar-refractivity contribution in [3.05, 3.63) is 0 Å². The van der Waals surface area contributed by atoms with Crippen LogP contribution in [0.15, 0.2) is 0 Å². The Hall–Kier alpha value is 1.08. The summed E-state index contributed by atoms with van der Waals surface area (Å²) in [4.78, 5) is 2.24. The molecule has 46 valence electrons. The van der Waals surface area contributed by atoms with E-state index >= 15 is 0 Å². The van der Waals surface area contributed by atoms with Crippen molar-refractivity contribution < 1.29 is 38.7 Å². The van der Waals surface area contributed by atoms with Gasteiger partial charge in [0.25, 0.3) is 0 Å². The second kappa shape index (κ2) is 3.98. The van der Waals surface area contributed by atoms with Crippen molar-refractivity contribution in [2.45, 2.75) is 13.8 Å². The Balaban J connectivity index is 3.83. The average Bonchev–Trinajstić information content (AvgIpc) is 1.64. The number of hydrogen-bond acceptors (Lipinski definition) is 1. The van der Waals surface area contributed by atoms with E-state index in [1.165, 1.54) is 8.04 Å². The van der Waals surface area contributed by atoms with Gasteiger partial charge in [-0.05, 0) is 0 Å². The molecule has 0 rings (SSSR count). The van der Waals surface area contributed by atoms with Crippen LogP contribution in [0.2, 0.25) is 0 Å². The van der Waals surface area contributed by atoms with E-state index in [0.29, 0.717) is 0 Å². The molecule has 0 saturated heterocycles. The molecule has 1 nitrogen and oxygen atoms in total. The van der Waals surface area contributed by atoms with E-state index in [0.717, 1.165) is 0 Å². The average molecular weight is 451 g/mol. The molecule has 0 amide bonds. The molecule has 0 aliphatic heterocycles. The SMILES string of the molecule is C[C](=[W])N(C)[C](C)=[W]. The Kier molecular flexibility index (Phi) is 4.52. The van der Waals surface area contributed by atoms with Gasteiger partial charge in [0, 0.05) is 0 Å². The van der Waals surface area contributed by atoms with Crippen LogP contribution in [0, 0.1) is 0 Å². The van der Waals surface area contributed by atoms with Gasteiger partial charge in [-0.2, -0.15) is 0 Å². The summed E-state index contributed by atoms with van der Waals surface area (Å²) >= 11 is 3.12. The minimum atomic E-state index is 1.44. The fourth-order valence-corrected chi connectivity index (χ4v) is 2.11. The molecule has 0 spiro atoms. The van der Waals surface area contributed by atoms with Crippen LogP contribution < -0.4 is 0 Å². The summed E-state index contributed by atoms with van der Waals surface area (Å²) in [6.45, 7) is 4.31. The first-order chi connectivity index (χ1) is 3.55. The zero-order valence-electron chi connectivity index (χ0n) is 5.26. The summed E-state index contributed by atoms with van der Waals surface area (Å²) in [7, 11) is 2.12. The summed E-state index contributed by atoms with van der Waals surface area (Å²) in [6.07, 6.45) is 0. The molecule has 0 aliphatic carbocycles. The summed E-state index contributed by atoms with van der Waals surface area (Å²) in [6, 6.07) is 0. The molecule has 0 aromatic heterocycles. The first-order valence-electron chi connectivity index (χ1n) is 2.30. The van der Waals surface area contributed by atoms with Gasteiger partial charge in [0.1, 0.15) is 0 Å². The summed E-state index contributed by atoms with van der Waals surface area (Å²) in [5.41, 5.74) is 0. The van der Waals surface area contributed by atoms with E-state index in [9.17, 15) is 0 Å². The van der Waals surface area contributed by atoms with Crippen LogP contribution in [-0.4, -0.2) is 20.0 Å². The molecule has 8 heavy (non-hydrogen) atoms. The van der Waals surface area contributed by atoms with Crippen LogP contribution in [0.5, 0.6) is 0 Å². The van der Waals surface area contributed by atoms with Gasteiger partial charge in [-0.1, -0.05) is 0 Å².